The number of aromatic nitrogens is 2. The average molecular weight is 430 g/mol. The van der Waals surface area contributed by atoms with Gasteiger partial charge in [-0.15, -0.1) is 0 Å². The molecule has 4 rings (SSSR count). The fourth-order valence-corrected chi connectivity index (χ4v) is 5.01. The first-order chi connectivity index (χ1) is 14.3. The Bertz CT molecular complexity index is 1190. The van der Waals surface area contributed by atoms with E-state index in [4.69, 9.17) is 4.74 Å². The summed E-state index contributed by atoms with van der Waals surface area (Å²) < 4.78 is 49.4. The van der Waals surface area contributed by atoms with Crippen molar-refractivity contribution < 1.29 is 17.5 Å². The molecule has 0 atom stereocenters. The second kappa shape index (κ2) is 7.85. The molecule has 0 saturated carbocycles. The molecule has 0 bridgehead atoms. The lowest BCUT2D eigenvalue weighted by molar-refractivity contribution is 0.414. The maximum absolute atomic E-state index is 14.6. The van der Waals surface area contributed by atoms with Crippen LogP contribution in [0.3, 0.4) is 0 Å². The zero-order valence-corrected chi connectivity index (χ0v) is 18.0. The van der Waals surface area contributed by atoms with Crippen LogP contribution in [0.1, 0.15) is 23.5 Å². The number of hydrogen-bond donors (Lipinski definition) is 0. The first kappa shape index (κ1) is 20.6. The number of rotatable bonds is 6. The van der Waals surface area contributed by atoms with Crippen molar-refractivity contribution in [2.45, 2.75) is 37.8 Å². The summed E-state index contributed by atoms with van der Waals surface area (Å²) in [7, 11) is -0.717. The minimum absolute atomic E-state index is 0.0440. The molecular weight excluding hydrogens is 405 g/mol. The highest BCUT2D eigenvalue weighted by atomic mass is 32.2. The number of ether oxygens (including phenoxy) is 1. The molecule has 0 N–H and O–H groups in total. The molecule has 0 unspecified atom stereocenters. The summed E-state index contributed by atoms with van der Waals surface area (Å²) in [6.07, 6.45) is 1.88. The molecule has 2 aromatic carbocycles. The van der Waals surface area contributed by atoms with Gasteiger partial charge in [0.2, 0.25) is 10.0 Å². The van der Waals surface area contributed by atoms with Crippen molar-refractivity contribution in [2.75, 3.05) is 14.2 Å². The largest absolute Gasteiger partial charge is 0.497 e. The molecule has 3 aromatic rings. The van der Waals surface area contributed by atoms with E-state index in [-0.39, 0.29) is 17.0 Å². The number of methoxy groups -OCH3 is 1. The van der Waals surface area contributed by atoms with Gasteiger partial charge in [-0.1, -0.05) is 12.1 Å². The van der Waals surface area contributed by atoms with Gasteiger partial charge in [0.1, 0.15) is 17.4 Å². The summed E-state index contributed by atoms with van der Waals surface area (Å²) in [4.78, 5) is 4.62. The van der Waals surface area contributed by atoms with E-state index in [1.54, 1.807) is 19.2 Å². The van der Waals surface area contributed by atoms with Gasteiger partial charge in [0, 0.05) is 37.8 Å². The quantitative estimate of drug-likeness (QED) is 0.598. The lowest BCUT2D eigenvalue weighted by Gasteiger charge is -2.18. The van der Waals surface area contributed by atoms with E-state index >= 15 is 0 Å². The first-order valence-corrected chi connectivity index (χ1v) is 11.2. The number of aryl methyl sites for hydroxylation is 1. The van der Waals surface area contributed by atoms with E-state index in [9.17, 15) is 12.8 Å². The molecule has 6 nitrogen and oxygen atoms in total. The van der Waals surface area contributed by atoms with Crippen molar-refractivity contribution >= 4 is 10.0 Å². The summed E-state index contributed by atoms with van der Waals surface area (Å²) in [6.45, 7) is 2.95. The molecule has 2 heterocycles. The van der Waals surface area contributed by atoms with Crippen molar-refractivity contribution in [1.29, 1.82) is 0 Å². The second-order valence-corrected chi connectivity index (χ2v) is 9.51. The van der Waals surface area contributed by atoms with E-state index in [1.165, 1.54) is 29.6 Å². The van der Waals surface area contributed by atoms with E-state index in [0.29, 0.717) is 11.4 Å². The van der Waals surface area contributed by atoms with Crippen molar-refractivity contribution in [1.82, 2.24) is 13.9 Å². The Balaban J connectivity index is 1.65. The zero-order valence-electron chi connectivity index (χ0n) is 17.2. The molecule has 0 saturated heterocycles. The van der Waals surface area contributed by atoms with E-state index in [2.05, 4.69) is 9.55 Å². The average Bonchev–Trinajstić information content (AvgIpc) is 3.32. The third kappa shape index (κ3) is 3.61. The van der Waals surface area contributed by atoms with Gasteiger partial charge in [0.25, 0.3) is 0 Å². The van der Waals surface area contributed by atoms with Gasteiger partial charge in [0.05, 0.1) is 17.7 Å². The van der Waals surface area contributed by atoms with Crippen LogP contribution in [0.25, 0.3) is 11.3 Å². The summed E-state index contributed by atoms with van der Waals surface area (Å²) in [5.74, 6) is 1.15. The topological polar surface area (TPSA) is 64.4 Å². The van der Waals surface area contributed by atoms with E-state index in [0.717, 1.165) is 36.5 Å². The number of halogens is 1. The first-order valence-electron chi connectivity index (χ1n) is 9.76. The highest BCUT2D eigenvalue weighted by molar-refractivity contribution is 7.89. The Labute approximate surface area is 176 Å². The maximum atomic E-state index is 14.6. The van der Waals surface area contributed by atoms with Gasteiger partial charge in [-0.2, -0.15) is 4.31 Å². The normalized spacial score (nSPS) is 13.6. The maximum Gasteiger partial charge on any atom is 0.243 e. The van der Waals surface area contributed by atoms with Crippen molar-refractivity contribution in [2.24, 2.45) is 0 Å². The molecule has 1 aliphatic heterocycles. The summed E-state index contributed by atoms with van der Waals surface area (Å²) >= 11 is 0. The minimum Gasteiger partial charge on any atom is -0.497 e. The predicted octanol–water partition coefficient (Wildman–Crippen LogP) is 3.77. The van der Waals surface area contributed by atoms with Crippen molar-refractivity contribution in [3.05, 3.63) is 65.4 Å². The monoisotopic (exact) mass is 429 g/mol. The van der Waals surface area contributed by atoms with Crippen LogP contribution in [0.4, 0.5) is 4.39 Å². The third-order valence-electron chi connectivity index (χ3n) is 5.55. The fourth-order valence-electron chi connectivity index (χ4n) is 3.83. The third-order valence-corrected chi connectivity index (χ3v) is 7.35. The van der Waals surface area contributed by atoms with Crippen LogP contribution in [0.2, 0.25) is 0 Å². The Hall–Kier alpha value is -2.71. The van der Waals surface area contributed by atoms with Crippen molar-refractivity contribution in [3.63, 3.8) is 0 Å². The molecule has 0 amide bonds. The Morgan fingerprint density at radius 2 is 1.93 bits per heavy atom. The predicted molar refractivity (Wildman–Crippen MR) is 112 cm³/mol. The second-order valence-electron chi connectivity index (χ2n) is 7.47. The van der Waals surface area contributed by atoms with Crippen LogP contribution in [-0.4, -0.2) is 36.4 Å². The van der Waals surface area contributed by atoms with Crippen LogP contribution in [0, 0.1) is 12.7 Å². The zero-order chi connectivity index (χ0) is 21.5. The number of nitrogens with zero attached hydrogens (tertiary/aromatic N) is 3. The van der Waals surface area contributed by atoms with Crippen LogP contribution in [0.5, 0.6) is 5.75 Å². The highest BCUT2D eigenvalue weighted by Gasteiger charge is 2.25. The van der Waals surface area contributed by atoms with E-state index in [1.807, 2.05) is 19.1 Å². The molecule has 1 aliphatic rings. The molecule has 0 radical (unpaired) electrons. The molecule has 158 valence electrons. The molecular formula is C22H24FN3O3S. The molecule has 8 heteroatoms. The van der Waals surface area contributed by atoms with Gasteiger partial charge in [-0.05, 0) is 49.2 Å². The SMILES string of the molecule is COc1ccc(CN(C)S(=O)(=O)c2ccc(F)c(-c3nc4n(c3C)CCC4)c2)cc1. The summed E-state index contributed by atoms with van der Waals surface area (Å²) in [5, 5.41) is 0. The molecule has 1 aromatic heterocycles. The Morgan fingerprint density at radius 1 is 1.20 bits per heavy atom. The van der Waals surface area contributed by atoms with Crippen LogP contribution in [0.15, 0.2) is 47.4 Å². The van der Waals surface area contributed by atoms with Gasteiger partial charge in [-0.3, -0.25) is 0 Å². The van der Waals surface area contributed by atoms with Crippen LogP contribution >= 0.6 is 0 Å². The number of fused-ring (bicyclic) bond motifs is 1. The fraction of sp³-hybridized carbons (Fsp3) is 0.318. The molecule has 0 fully saturated rings. The minimum atomic E-state index is -3.81. The van der Waals surface area contributed by atoms with E-state index < -0.39 is 15.8 Å². The highest BCUT2D eigenvalue weighted by Crippen LogP contribution is 2.31. The number of hydrogen-bond acceptors (Lipinski definition) is 4. The molecule has 30 heavy (non-hydrogen) atoms. The number of imidazole rings is 1. The Morgan fingerprint density at radius 3 is 2.60 bits per heavy atom. The standard InChI is InChI=1S/C22H24FN3O3S/c1-15-22(24-21-5-4-12-26(15)21)19-13-18(10-11-20(19)23)30(27,28)25(2)14-16-6-8-17(29-3)9-7-16/h6-11,13H,4-5,12,14H2,1-3H3. The number of sulfonamides is 1. The number of benzene rings is 2. The van der Waals surface area contributed by atoms with Gasteiger partial charge < -0.3 is 9.30 Å². The molecule has 0 spiro atoms. The van der Waals surface area contributed by atoms with Gasteiger partial charge >= 0.3 is 0 Å². The van der Waals surface area contributed by atoms with Crippen molar-refractivity contribution in [3.8, 4) is 17.0 Å². The summed E-state index contributed by atoms with van der Waals surface area (Å²) in [5.41, 5.74) is 2.42. The molecule has 0 aliphatic carbocycles. The summed E-state index contributed by atoms with van der Waals surface area (Å²) in [6, 6.07) is 11.1. The van der Waals surface area contributed by atoms with Gasteiger partial charge in [0.15, 0.2) is 0 Å². The van der Waals surface area contributed by atoms with Gasteiger partial charge in [-0.25, -0.2) is 17.8 Å². The lowest BCUT2D eigenvalue weighted by atomic mass is 10.1. The smallest absolute Gasteiger partial charge is 0.243 e. The lowest BCUT2D eigenvalue weighted by Crippen LogP contribution is -2.26. The Kier molecular flexibility index (Phi) is 5.38. The van der Waals surface area contributed by atoms with Crippen LogP contribution < -0.4 is 4.74 Å². The van der Waals surface area contributed by atoms with Crippen LogP contribution in [-0.2, 0) is 29.5 Å².